The highest BCUT2D eigenvalue weighted by Gasteiger charge is 2.19. The molecule has 0 aliphatic carbocycles. The molecule has 0 spiro atoms. The molecule has 22 heavy (non-hydrogen) atoms. The molecule has 3 rings (SSSR count). The molecule has 3 heteroatoms. The van der Waals surface area contributed by atoms with E-state index in [-0.39, 0.29) is 0 Å². The maximum Gasteiger partial charge on any atom is 0.115 e. The fourth-order valence-corrected chi connectivity index (χ4v) is 3.29. The van der Waals surface area contributed by atoms with E-state index in [0.717, 1.165) is 37.0 Å². The number of piperidine rings is 1. The van der Waals surface area contributed by atoms with Crippen LogP contribution in [0.5, 0.6) is 5.75 Å². The highest BCUT2D eigenvalue weighted by molar-refractivity contribution is 6.30. The van der Waals surface area contributed by atoms with Crippen LogP contribution < -0.4 is 0 Å². The summed E-state index contributed by atoms with van der Waals surface area (Å²) in [7, 11) is 0. The smallest absolute Gasteiger partial charge is 0.115 e. The largest absolute Gasteiger partial charge is 0.508 e. The second-order valence-corrected chi connectivity index (χ2v) is 6.65. The van der Waals surface area contributed by atoms with E-state index < -0.39 is 0 Å². The van der Waals surface area contributed by atoms with Crippen LogP contribution in [-0.2, 0) is 13.0 Å². The molecular weight excluding hydrogens is 294 g/mol. The Bertz CT molecular complexity index is 530. The van der Waals surface area contributed by atoms with E-state index >= 15 is 0 Å². The van der Waals surface area contributed by atoms with Gasteiger partial charge in [0.05, 0.1) is 0 Å². The number of phenols is 1. The van der Waals surface area contributed by atoms with Gasteiger partial charge < -0.3 is 5.11 Å². The quantitative estimate of drug-likeness (QED) is 0.898. The Morgan fingerprint density at radius 1 is 0.909 bits per heavy atom. The zero-order valence-corrected chi connectivity index (χ0v) is 13.5. The fourth-order valence-electron chi connectivity index (χ4n) is 3.16. The van der Waals surface area contributed by atoms with Crippen LogP contribution in [-0.4, -0.2) is 23.1 Å². The number of nitrogens with zero attached hydrogens (tertiary/aromatic N) is 1. The third-order valence-electron chi connectivity index (χ3n) is 4.49. The van der Waals surface area contributed by atoms with Crippen LogP contribution in [0.15, 0.2) is 48.5 Å². The van der Waals surface area contributed by atoms with Gasteiger partial charge in [-0.3, -0.25) is 4.90 Å². The number of phenolic OH excluding ortho intramolecular Hbond substituents is 1. The summed E-state index contributed by atoms with van der Waals surface area (Å²) in [4.78, 5) is 2.50. The summed E-state index contributed by atoms with van der Waals surface area (Å²) < 4.78 is 0. The number of rotatable bonds is 4. The molecule has 0 atom stereocenters. The molecule has 1 fully saturated rings. The molecule has 1 heterocycles. The van der Waals surface area contributed by atoms with Gasteiger partial charge in [-0.05, 0) is 73.7 Å². The van der Waals surface area contributed by atoms with Crippen molar-refractivity contribution in [2.45, 2.75) is 25.8 Å². The van der Waals surface area contributed by atoms with E-state index in [9.17, 15) is 5.11 Å². The standard InChI is InChI=1S/C19H22ClNO/c20-18-5-1-15(2-6-18)13-16-9-11-21(12-10-16)14-17-3-7-19(22)8-4-17/h1-8,16,22H,9-14H2. The van der Waals surface area contributed by atoms with Crippen molar-refractivity contribution in [2.24, 2.45) is 5.92 Å². The van der Waals surface area contributed by atoms with Crippen molar-refractivity contribution in [3.63, 3.8) is 0 Å². The van der Waals surface area contributed by atoms with E-state index in [1.54, 1.807) is 12.1 Å². The maximum atomic E-state index is 9.33. The van der Waals surface area contributed by atoms with Gasteiger partial charge in [-0.2, -0.15) is 0 Å². The van der Waals surface area contributed by atoms with Gasteiger partial charge in [-0.15, -0.1) is 0 Å². The first-order valence-corrected chi connectivity index (χ1v) is 8.31. The van der Waals surface area contributed by atoms with Crippen LogP contribution >= 0.6 is 11.6 Å². The zero-order chi connectivity index (χ0) is 15.4. The summed E-state index contributed by atoms with van der Waals surface area (Å²) in [6.07, 6.45) is 3.66. The SMILES string of the molecule is Oc1ccc(CN2CCC(Cc3ccc(Cl)cc3)CC2)cc1. The molecule has 1 N–H and O–H groups in total. The average Bonchev–Trinajstić information content (AvgIpc) is 2.54. The van der Waals surface area contributed by atoms with E-state index in [1.807, 2.05) is 24.3 Å². The van der Waals surface area contributed by atoms with Crippen LogP contribution in [0.3, 0.4) is 0 Å². The van der Waals surface area contributed by atoms with Crippen molar-refractivity contribution in [2.75, 3.05) is 13.1 Å². The Hall–Kier alpha value is -1.51. The van der Waals surface area contributed by atoms with Crippen LogP contribution in [0.1, 0.15) is 24.0 Å². The molecule has 2 nitrogen and oxygen atoms in total. The minimum Gasteiger partial charge on any atom is -0.508 e. The average molecular weight is 316 g/mol. The predicted molar refractivity (Wildman–Crippen MR) is 91.3 cm³/mol. The van der Waals surface area contributed by atoms with Gasteiger partial charge in [0.2, 0.25) is 0 Å². The third-order valence-corrected chi connectivity index (χ3v) is 4.74. The highest BCUT2D eigenvalue weighted by atomic mass is 35.5. The predicted octanol–water partition coefficient (Wildman–Crippen LogP) is 4.50. The first-order chi connectivity index (χ1) is 10.7. The summed E-state index contributed by atoms with van der Waals surface area (Å²) in [5.74, 6) is 1.11. The lowest BCUT2D eigenvalue weighted by Crippen LogP contribution is -2.33. The first-order valence-electron chi connectivity index (χ1n) is 7.94. The van der Waals surface area contributed by atoms with Crippen LogP contribution in [0, 0.1) is 5.92 Å². The van der Waals surface area contributed by atoms with Crippen LogP contribution in [0.4, 0.5) is 0 Å². The summed E-state index contributed by atoms with van der Waals surface area (Å²) >= 11 is 5.94. The molecule has 1 aliphatic heterocycles. The van der Waals surface area contributed by atoms with Gasteiger partial charge in [0.25, 0.3) is 0 Å². The molecule has 2 aromatic carbocycles. The molecule has 116 valence electrons. The molecule has 0 unspecified atom stereocenters. The lowest BCUT2D eigenvalue weighted by atomic mass is 9.90. The molecule has 2 aromatic rings. The van der Waals surface area contributed by atoms with E-state index in [1.165, 1.54) is 24.0 Å². The van der Waals surface area contributed by atoms with E-state index in [0.29, 0.717) is 5.75 Å². The summed E-state index contributed by atoms with van der Waals surface area (Å²) in [6.45, 7) is 3.28. The molecule has 0 radical (unpaired) electrons. The third kappa shape index (κ3) is 4.25. The molecule has 0 saturated carbocycles. The Labute approximate surface area is 137 Å². The molecule has 1 aliphatic rings. The number of hydrogen-bond donors (Lipinski definition) is 1. The van der Waals surface area contributed by atoms with Gasteiger partial charge >= 0.3 is 0 Å². The van der Waals surface area contributed by atoms with Crippen molar-refractivity contribution >= 4 is 11.6 Å². The number of halogens is 1. The van der Waals surface area contributed by atoms with Crippen molar-refractivity contribution in [1.29, 1.82) is 0 Å². The normalized spacial score (nSPS) is 16.8. The van der Waals surface area contributed by atoms with Gasteiger partial charge in [0, 0.05) is 11.6 Å². The Balaban J connectivity index is 1.47. The van der Waals surface area contributed by atoms with Gasteiger partial charge in [-0.1, -0.05) is 35.9 Å². The van der Waals surface area contributed by atoms with Gasteiger partial charge in [-0.25, -0.2) is 0 Å². The fraction of sp³-hybridized carbons (Fsp3) is 0.368. The van der Waals surface area contributed by atoms with Crippen LogP contribution in [0.25, 0.3) is 0 Å². The monoisotopic (exact) mass is 315 g/mol. The second-order valence-electron chi connectivity index (χ2n) is 6.22. The maximum absolute atomic E-state index is 9.33. The highest BCUT2D eigenvalue weighted by Crippen LogP contribution is 2.24. The number of aromatic hydroxyl groups is 1. The second kappa shape index (κ2) is 7.17. The van der Waals surface area contributed by atoms with Crippen molar-refractivity contribution in [3.8, 4) is 5.75 Å². The minimum atomic E-state index is 0.338. The van der Waals surface area contributed by atoms with E-state index in [4.69, 9.17) is 11.6 Å². The lowest BCUT2D eigenvalue weighted by Gasteiger charge is -2.32. The summed E-state index contributed by atoms with van der Waals surface area (Å²) in [5, 5.41) is 10.1. The molecular formula is C19H22ClNO. The Morgan fingerprint density at radius 2 is 1.50 bits per heavy atom. The van der Waals surface area contributed by atoms with Gasteiger partial charge in [0.1, 0.15) is 5.75 Å². The number of benzene rings is 2. The number of likely N-dealkylation sites (tertiary alicyclic amines) is 1. The summed E-state index contributed by atoms with van der Waals surface area (Å²) in [5.41, 5.74) is 2.66. The van der Waals surface area contributed by atoms with Crippen molar-refractivity contribution in [1.82, 2.24) is 4.90 Å². The topological polar surface area (TPSA) is 23.5 Å². The molecule has 1 saturated heterocycles. The van der Waals surface area contributed by atoms with Crippen molar-refractivity contribution < 1.29 is 5.11 Å². The van der Waals surface area contributed by atoms with Gasteiger partial charge in [0.15, 0.2) is 0 Å². The zero-order valence-electron chi connectivity index (χ0n) is 12.7. The van der Waals surface area contributed by atoms with Crippen LogP contribution in [0.2, 0.25) is 5.02 Å². The van der Waals surface area contributed by atoms with E-state index in [2.05, 4.69) is 17.0 Å². The molecule has 0 aromatic heterocycles. The number of hydrogen-bond acceptors (Lipinski definition) is 2. The van der Waals surface area contributed by atoms with Crippen molar-refractivity contribution in [3.05, 3.63) is 64.7 Å². The lowest BCUT2D eigenvalue weighted by molar-refractivity contribution is 0.177. The molecule has 0 amide bonds. The Morgan fingerprint density at radius 3 is 2.14 bits per heavy atom. The molecule has 0 bridgehead atoms. The first kappa shape index (κ1) is 15.4. The minimum absolute atomic E-state index is 0.338. The Kier molecular flexibility index (Phi) is 5.01. The summed E-state index contributed by atoms with van der Waals surface area (Å²) in [6, 6.07) is 15.8.